The summed E-state index contributed by atoms with van der Waals surface area (Å²) in [7, 11) is 0. The molecule has 0 bridgehead atoms. The third-order valence-electron chi connectivity index (χ3n) is 5.38. The Morgan fingerprint density at radius 3 is 2.59 bits per heavy atom. The summed E-state index contributed by atoms with van der Waals surface area (Å²) in [6.45, 7) is 10.8. The Hall–Kier alpha value is -3.10. The van der Waals surface area contributed by atoms with Crippen molar-refractivity contribution in [1.82, 2.24) is 15.1 Å². The van der Waals surface area contributed by atoms with Gasteiger partial charge in [-0.05, 0) is 42.8 Å². The Kier molecular flexibility index (Phi) is 7.24. The third kappa shape index (κ3) is 5.57. The first kappa shape index (κ1) is 22.1. The summed E-state index contributed by atoms with van der Waals surface area (Å²) in [5, 5.41) is 11.4. The number of thioether (sulfide) groups is 1. The number of aromatic nitrogens is 2. The highest BCUT2D eigenvalue weighted by atomic mass is 32.2. The van der Waals surface area contributed by atoms with Crippen LogP contribution >= 0.6 is 11.8 Å². The molecule has 2 aromatic carbocycles. The molecule has 0 aliphatic carbocycles. The molecule has 3 aromatic rings. The van der Waals surface area contributed by atoms with Crippen LogP contribution in [0.25, 0.3) is 11.5 Å². The quantitative estimate of drug-likeness (QED) is 0.410. The number of benzene rings is 2. The fraction of sp³-hybridized carbons (Fsp3) is 0.292. The Labute approximate surface area is 192 Å². The van der Waals surface area contributed by atoms with Gasteiger partial charge in [-0.3, -0.25) is 9.69 Å². The largest absolute Gasteiger partial charge is 0.411 e. The van der Waals surface area contributed by atoms with Crippen LogP contribution < -0.4 is 10.2 Å². The topological polar surface area (TPSA) is 74.5 Å². The van der Waals surface area contributed by atoms with Gasteiger partial charge in [-0.2, -0.15) is 0 Å². The van der Waals surface area contributed by atoms with Crippen LogP contribution in [0.1, 0.15) is 5.56 Å². The summed E-state index contributed by atoms with van der Waals surface area (Å²) in [6.07, 6.45) is 1.95. The number of aryl methyl sites for hydroxylation is 1. The van der Waals surface area contributed by atoms with Crippen molar-refractivity contribution < 1.29 is 9.21 Å². The van der Waals surface area contributed by atoms with Gasteiger partial charge in [0.1, 0.15) is 0 Å². The van der Waals surface area contributed by atoms with Crippen LogP contribution in [-0.2, 0) is 4.79 Å². The Morgan fingerprint density at radius 2 is 1.88 bits per heavy atom. The molecule has 7 nitrogen and oxygen atoms in total. The zero-order valence-electron chi connectivity index (χ0n) is 18.2. The number of hydrogen-bond acceptors (Lipinski definition) is 7. The van der Waals surface area contributed by atoms with E-state index in [9.17, 15) is 4.79 Å². The maximum absolute atomic E-state index is 12.4. The number of nitrogens with zero attached hydrogens (tertiary/aromatic N) is 4. The average Bonchev–Trinajstić information content (AvgIpc) is 3.28. The molecule has 1 aromatic heterocycles. The summed E-state index contributed by atoms with van der Waals surface area (Å²) >= 11 is 1.23. The summed E-state index contributed by atoms with van der Waals surface area (Å²) in [5.41, 5.74) is 3.91. The Balaban J connectivity index is 1.26. The minimum Gasteiger partial charge on any atom is -0.411 e. The third-order valence-corrected chi connectivity index (χ3v) is 6.20. The van der Waals surface area contributed by atoms with Crippen LogP contribution in [0.15, 0.2) is 70.8 Å². The second-order valence-corrected chi connectivity index (χ2v) is 8.57. The Morgan fingerprint density at radius 1 is 1.12 bits per heavy atom. The fourth-order valence-corrected chi connectivity index (χ4v) is 4.20. The average molecular weight is 450 g/mol. The van der Waals surface area contributed by atoms with E-state index in [4.69, 9.17) is 4.42 Å². The molecule has 0 spiro atoms. The lowest BCUT2D eigenvalue weighted by molar-refractivity contribution is -0.113. The van der Waals surface area contributed by atoms with Crippen molar-refractivity contribution in [2.45, 2.75) is 12.1 Å². The van der Waals surface area contributed by atoms with Crippen molar-refractivity contribution in [2.75, 3.05) is 48.7 Å². The Bertz CT molecular complexity index is 1060. The molecule has 1 saturated heterocycles. The molecule has 1 aliphatic rings. The van der Waals surface area contributed by atoms with Crippen LogP contribution in [0.4, 0.5) is 11.4 Å². The van der Waals surface area contributed by atoms with E-state index in [1.165, 1.54) is 17.4 Å². The van der Waals surface area contributed by atoms with E-state index < -0.39 is 0 Å². The van der Waals surface area contributed by atoms with Gasteiger partial charge in [-0.1, -0.05) is 36.0 Å². The monoisotopic (exact) mass is 449 g/mol. The first-order valence-electron chi connectivity index (χ1n) is 10.6. The van der Waals surface area contributed by atoms with Crippen molar-refractivity contribution in [1.29, 1.82) is 0 Å². The second-order valence-electron chi connectivity index (χ2n) is 7.65. The predicted molar refractivity (Wildman–Crippen MR) is 129 cm³/mol. The van der Waals surface area contributed by atoms with E-state index in [1.807, 2.05) is 49.4 Å². The first-order valence-corrected chi connectivity index (χ1v) is 11.6. The molecule has 1 N–H and O–H groups in total. The van der Waals surface area contributed by atoms with Gasteiger partial charge in [0.25, 0.3) is 5.22 Å². The molecule has 0 radical (unpaired) electrons. The maximum atomic E-state index is 12.4. The van der Waals surface area contributed by atoms with Gasteiger partial charge in [0, 0.05) is 49.7 Å². The number of amides is 1. The van der Waals surface area contributed by atoms with E-state index in [1.54, 1.807) is 0 Å². The number of carbonyl (C=O) groups is 1. The van der Waals surface area contributed by atoms with E-state index in [-0.39, 0.29) is 11.7 Å². The van der Waals surface area contributed by atoms with Gasteiger partial charge in [-0.15, -0.1) is 16.8 Å². The van der Waals surface area contributed by atoms with E-state index in [0.717, 1.165) is 49.5 Å². The predicted octanol–water partition coefficient (Wildman–Crippen LogP) is 4.08. The highest BCUT2D eigenvalue weighted by molar-refractivity contribution is 7.99. The van der Waals surface area contributed by atoms with Gasteiger partial charge >= 0.3 is 0 Å². The van der Waals surface area contributed by atoms with Crippen molar-refractivity contribution in [3.8, 4) is 11.5 Å². The number of rotatable bonds is 8. The number of hydrogen-bond donors (Lipinski definition) is 1. The van der Waals surface area contributed by atoms with Gasteiger partial charge in [0.15, 0.2) is 0 Å². The van der Waals surface area contributed by atoms with Crippen molar-refractivity contribution >= 4 is 29.0 Å². The van der Waals surface area contributed by atoms with Gasteiger partial charge in [0.2, 0.25) is 11.8 Å². The molecule has 0 atom stereocenters. The molecule has 1 fully saturated rings. The first-order chi connectivity index (χ1) is 15.6. The van der Waals surface area contributed by atoms with Gasteiger partial charge in [-0.25, -0.2) is 0 Å². The molecule has 4 rings (SSSR count). The molecule has 1 aliphatic heterocycles. The van der Waals surface area contributed by atoms with E-state index >= 15 is 0 Å². The maximum Gasteiger partial charge on any atom is 0.277 e. The lowest BCUT2D eigenvalue weighted by Gasteiger charge is -2.35. The minimum atomic E-state index is -0.114. The second kappa shape index (κ2) is 10.5. The zero-order chi connectivity index (χ0) is 22.3. The van der Waals surface area contributed by atoms with Gasteiger partial charge in [0.05, 0.1) is 5.75 Å². The summed E-state index contributed by atoms with van der Waals surface area (Å²) < 4.78 is 5.70. The molecule has 32 heavy (non-hydrogen) atoms. The van der Waals surface area contributed by atoms with Crippen LogP contribution in [0.2, 0.25) is 0 Å². The lowest BCUT2D eigenvalue weighted by Crippen LogP contribution is -2.46. The minimum absolute atomic E-state index is 0.114. The molecule has 0 unspecified atom stereocenters. The number of piperazine rings is 1. The smallest absolute Gasteiger partial charge is 0.277 e. The fourth-order valence-electron chi connectivity index (χ4n) is 3.64. The highest BCUT2D eigenvalue weighted by Crippen LogP contribution is 2.26. The van der Waals surface area contributed by atoms with Crippen LogP contribution in [0, 0.1) is 6.92 Å². The standard InChI is InChI=1S/C24H27N5O2S/c1-3-12-28-13-15-29(16-14-28)20-10-8-19(9-11-20)25-22(30)17-32-24-27-26-23(31-24)21-7-5-4-6-18(21)2/h3-11H,1,12-17H2,2H3,(H,25,30). The summed E-state index contributed by atoms with van der Waals surface area (Å²) in [4.78, 5) is 17.1. The van der Waals surface area contributed by atoms with Crippen LogP contribution in [-0.4, -0.2) is 59.5 Å². The highest BCUT2D eigenvalue weighted by Gasteiger charge is 2.16. The van der Waals surface area contributed by atoms with Crippen LogP contribution in [0.3, 0.4) is 0 Å². The molecule has 2 heterocycles. The van der Waals surface area contributed by atoms with Crippen molar-refractivity contribution in [3.05, 3.63) is 66.7 Å². The molecular formula is C24H27N5O2S. The lowest BCUT2D eigenvalue weighted by atomic mass is 10.1. The number of nitrogens with one attached hydrogen (secondary N) is 1. The molecule has 8 heteroatoms. The van der Waals surface area contributed by atoms with Gasteiger partial charge < -0.3 is 14.6 Å². The summed E-state index contributed by atoms with van der Waals surface area (Å²) in [6, 6.07) is 15.8. The SMILES string of the molecule is C=CCN1CCN(c2ccc(NC(=O)CSc3nnc(-c4ccccc4C)o3)cc2)CC1. The van der Waals surface area contributed by atoms with E-state index in [0.29, 0.717) is 11.1 Å². The van der Waals surface area contributed by atoms with Crippen LogP contribution in [0.5, 0.6) is 0 Å². The molecular weight excluding hydrogens is 422 g/mol. The number of carbonyl (C=O) groups excluding carboxylic acids is 1. The van der Waals surface area contributed by atoms with Crippen molar-refractivity contribution in [2.24, 2.45) is 0 Å². The van der Waals surface area contributed by atoms with E-state index in [2.05, 4.69) is 44.0 Å². The summed E-state index contributed by atoms with van der Waals surface area (Å²) in [5.74, 6) is 0.547. The molecule has 166 valence electrons. The normalized spacial score (nSPS) is 14.3. The molecule has 1 amide bonds. The number of anilines is 2. The zero-order valence-corrected chi connectivity index (χ0v) is 19.0. The van der Waals surface area contributed by atoms with Crippen molar-refractivity contribution in [3.63, 3.8) is 0 Å². The molecule has 0 saturated carbocycles.